The first-order valence-electron chi connectivity index (χ1n) is 6.46. The van der Waals surface area contributed by atoms with Gasteiger partial charge in [-0.1, -0.05) is 0 Å². The van der Waals surface area contributed by atoms with Gasteiger partial charge in [-0.25, -0.2) is 0 Å². The SMILES string of the molecule is O=C(Nc1ccc[nH]c1=O)c1ccc(-n2cccc2)cc1. The summed E-state index contributed by atoms with van der Waals surface area (Å²) in [6.45, 7) is 0. The molecule has 104 valence electrons. The van der Waals surface area contributed by atoms with Gasteiger partial charge in [-0.15, -0.1) is 0 Å². The molecule has 1 aromatic carbocycles. The van der Waals surface area contributed by atoms with Crippen molar-refractivity contribution in [3.63, 3.8) is 0 Å². The second kappa shape index (κ2) is 5.50. The van der Waals surface area contributed by atoms with Gasteiger partial charge >= 0.3 is 0 Å². The number of aromatic nitrogens is 2. The van der Waals surface area contributed by atoms with Crippen LogP contribution in [-0.2, 0) is 0 Å². The second-order valence-electron chi connectivity index (χ2n) is 4.50. The number of nitrogens with zero attached hydrogens (tertiary/aromatic N) is 1. The zero-order chi connectivity index (χ0) is 14.7. The van der Waals surface area contributed by atoms with Gasteiger partial charge in [0.15, 0.2) is 0 Å². The summed E-state index contributed by atoms with van der Waals surface area (Å²) in [6.07, 6.45) is 5.38. The lowest BCUT2D eigenvalue weighted by molar-refractivity contribution is 0.102. The Morgan fingerprint density at radius 3 is 2.38 bits per heavy atom. The minimum Gasteiger partial charge on any atom is -0.327 e. The average Bonchev–Trinajstić information content (AvgIpc) is 3.04. The number of aromatic amines is 1. The van der Waals surface area contributed by atoms with E-state index in [-0.39, 0.29) is 17.2 Å². The van der Waals surface area contributed by atoms with E-state index in [0.29, 0.717) is 5.56 Å². The van der Waals surface area contributed by atoms with E-state index in [1.165, 1.54) is 6.20 Å². The number of amides is 1. The number of nitrogens with one attached hydrogen (secondary N) is 2. The fraction of sp³-hybridized carbons (Fsp3) is 0. The van der Waals surface area contributed by atoms with Gasteiger partial charge in [-0.2, -0.15) is 0 Å². The number of rotatable bonds is 3. The molecule has 5 nitrogen and oxygen atoms in total. The molecule has 0 atom stereocenters. The summed E-state index contributed by atoms with van der Waals surface area (Å²) in [4.78, 5) is 26.1. The largest absolute Gasteiger partial charge is 0.327 e. The lowest BCUT2D eigenvalue weighted by atomic mass is 10.2. The van der Waals surface area contributed by atoms with Crippen LogP contribution in [0.25, 0.3) is 5.69 Å². The minimum atomic E-state index is -0.324. The summed E-state index contributed by atoms with van der Waals surface area (Å²) in [5, 5.41) is 2.59. The Kier molecular flexibility index (Phi) is 3.39. The van der Waals surface area contributed by atoms with Crippen LogP contribution in [0.4, 0.5) is 5.69 Å². The van der Waals surface area contributed by atoms with Crippen LogP contribution in [-0.4, -0.2) is 15.5 Å². The van der Waals surface area contributed by atoms with Gasteiger partial charge in [0.2, 0.25) is 0 Å². The number of carbonyl (C=O) groups is 1. The molecule has 0 aliphatic heterocycles. The minimum absolute atomic E-state index is 0.233. The average molecular weight is 279 g/mol. The third kappa shape index (κ3) is 2.76. The molecule has 0 saturated heterocycles. The van der Waals surface area contributed by atoms with Gasteiger partial charge in [0.05, 0.1) is 0 Å². The van der Waals surface area contributed by atoms with E-state index in [0.717, 1.165) is 5.69 Å². The number of hydrogen-bond acceptors (Lipinski definition) is 2. The first-order valence-corrected chi connectivity index (χ1v) is 6.46. The van der Waals surface area contributed by atoms with Gasteiger partial charge in [0.1, 0.15) is 5.69 Å². The van der Waals surface area contributed by atoms with E-state index < -0.39 is 0 Å². The highest BCUT2D eigenvalue weighted by atomic mass is 16.2. The molecule has 0 bridgehead atoms. The molecule has 1 amide bonds. The summed E-state index contributed by atoms with van der Waals surface area (Å²) in [5.74, 6) is -0.314. The zero-order valence-electron chi connectivity index (χ0n) is 11.1. The van der Waals surface area contributed by atoms with Crippen LogP contribution in [0, 0.1) is 0 Å². The van der Waals surface area contributed by atoms with Gasteiger partial charge in [0, 0.05) is 29.8 Å². The number of benzene rings is 1. The fourth-order valence-corrected chi connectivity index (χ4v) is 2.01. The predicted molar refractivity (Wildman–Crippen MR) is 80.8 cm³/mol. The Morgan fingerprint density at radius 2 is 1.71 bits per heavy atom. The van der Waals surface area contributed by atoms with E-state index in [1.807, 2.05) is 41.2 Å². The molecule has 0 aliphatic rings. The first-order chi connectivity index (χ1) is 10.2. The van der Waals surface area contributed by atoms with Gasteiger partial charge in [-0.3, -0.25) is 9.59 Å². The van der Waals surface area contributed by atoms with Crippen molar-refractivity contribution in [3.05, 3.63) is 83.0 Å². The van der Waals surface area contributed by atoms with Crippen LogP contribution in [0.5, 0.6) is 0 Å². The van der Waals surface area contributed by atoms with E-state index in [1.54, 1.807) is 24.3 Å². The Morgan fingerprint density at radius 1 is 1.00 bits per heavy atom. The van der Waals surface area contributed by atoms with Crippen LogP contribution in [0.15, 0.2) is 71.9 Å². The Balaban J connectivity index is 1.80. The summed E-state index contributed by atoms with van der Waals surface area (Å²) in [6, 6.07) is 14.2. The number of carbonyl (C=O) groups excluding carboxylic acids is 1. The fourth-order valence-electron chi connectivity index (χ4n) is 2.01. The first kappa shape index (κ1) is 12.9. The van der Waals surface area contributed by atoms with Crippen LogP contribution < -0.4 is 10.9 Å². The van der Waals surface area contributed by atoms with Crippen molar-refractivity contribution in [2.24, 2.45) is 0 Å². The quantitative estimate of drug-likeness (QED) is 0.773. The molecule has 0 radical (unpaired) electrons. The summed E-state index contributed by atoms with van der Waals surface area (Å²) in [5.41, 5.74) is 1.37. The molecule has 2 aromatic heterocycles. The number of pyridine rings is 1. The molecule has 0 unspecified atom stereocenters. The summed E-state index contributed by atoms with van der Waals surface area (Å²) < 4.78 is 1.95. The highest BCUT2D eigenvalue weighted by molar-refractivity contribution is 6.04. The van der Waals surface area contributed by atoms with Crippen molar-refractivity contribution in [2.75, 3.05) is 5.32 Å². The highest BCUT2D eigenvalue weighted by Gasteiger charge is 2.08. The van der Waals surface area contributed by atoms with Crippen LogP contribution in [0.1, 0.15) is 10.4 Å². The van der Waals surface area contributed by atoms with Crippen molar-refractivity contribution in [2.45, 2.75) is 0 Å². The maximum absolute atomic E-state index is 12.1. The molecule has 21 heavy (non-hydrogen) atoms. The molecule has 5 heteroatoms. The molecule has 3 rings (SSSR count). The van der Waals surface area contributed by atoms with Crippen molar-refractivity contribution < 1.29 is 4.79 Å². The predicted octanol–water partition coefficient (Wildman–Crippen LogP) is 2.42. The lowest BCUT2D eigenvalue weighted by Crippen LogP contribution is -2.19. The number of anilines is 1. The van der Waals surface area contributed by atoms with Crippen LogP contribution in [0.3, 0.4) is 0 Å². The topological polar surface area (TPSA) is 66.9 Å². The van der Waals surface area contributed by atoms with E-state index in [4.69, 9.17) is 0 Å². The Hall–Kier alpha value is -3.08. The molecule has 3 aromatic rings. The third-order valence-electron chi connectivity index (χ3n) is 3.10. The Labute approximate surface area is 120 Å². The molecule has 2 N–H and O–H groups in total. The normalized spacial score (nSPS) is 10.3. The smallest absolute Gasteiger partial charge is 0.271 e. The molecule has 0 spiro atoms. The third-order valence-corrected chi connectivity index (χ3v) is 3.10. The molecular weight excluding hydrogens is 266 g/mol. The number of H-pyrrole nitrogens is 1. The zero-order valence-corrected chi connectivity index (χ0v) is 11.1. The maximum Gasteiger partial charge on any atom is 0.271 e. The lowest BCUT2D eigenvalue weighted by Gasteiger charge is -2.06. The molecular formula is C16H13N3O2. The molecule has 0 fully saturated rings. The van der Waals surface area contributed by atoms with Crippen molar-refractivity contribution in [3.8, 4) is 5.69 Å². The molecule has 0 saturated carbocycles. The summed E-state index contributed by atoms with van der Waals surface area (Å²) >= 11 is 0. The monoisotopic (exact) mass is 279 g/mol. The van der Waals surface area contributed by atoms with Crippen molar-refractivity contribution in [1.82, 2.24) is 9.55 Å². The summed E-state index contributed by atoms with van der Waals surface area (Å²) in [7, 11) is 0. The van der Waals surface area contributed by atoms with Crippen LogP contribution in [0.2, 0.25) is 0 Å². The van der Waals surface area contributed by atoms with Gasteiger partial charge in [-0.05, 0) is 48.5 Å². The standard InChI is InChI=1S/C16H13N3O2/c20-15(18-14-4-3-9-17-16(14)21)12-5-7-13(8-6-12)19-10-1-2-11-19/h1-11H,(H,17,21)(H,18,20). The van der Waals surface area contributed by atoms with Gasteiger partial charge in [0.25, 0.3) is 11.5 Å². The van der Waals surface area contributed by atoms with E-state index in [2.05, 4.69) is 10.3 Å². The van der Waals surface area contributed by atoms with Crippen LogP contribution >= 0.6 is 0 Å². The van der Waals surface area contributed by atoms with E-state index >= 15 is 0 Å². The van der Waals surface area contributed by atoms with Crippen molar-refractivity contribution in [1.29, 1.82) is 0 Å². The maximum atomic E-state index is 12.1. The Bertz CT molecular complexity index is 802. The van der Waals surface area contributed by atoms with Gasteiger partial charge < -0.3 is 14.9 Å². The second-order valence-corrected chi connectivity index (χ2v) is 4.50. The molecule has 2 heterocycles. The highest BCUT2D eigenvalue weighted by Crippen LogP contribution is 2.11. The van der Waals surface area contributed by atoms with E-state index in [9.17, 15) is 9.59 Å². The van der Waals surface area contributed by atoms with Crippen molar-refractivity contribution >= 4 is 11.6 Å². The number of hydrogen-bond donors (Lipinski definition) is 2. The molecule has 0 aliphatic carbocycles.